The summed E-state index contributed by atoms with van der Waals surface area (Å²) in [4.78, 5) is 2.09. The van der Waals surface area contributed by atoms with E-state index in [9.17, 15) is 0 Å². The van der Waals surface area contributed by atoms with Gasteiger partial charge in [-0.1, -0.05) is 51.6 Å². The van der Waals surface area contributed by atoms with E-state index in [1.165, 1.54) is 5.56 Å². The van der Waals surface area contributed by atoms with Gasteiger partial charge < -0.3 is 9.64 Å². The van der Waals surface area contributed by atoms with E-state index >= 15 is 0 Å². The molecule has 0 aromatic heterocycles. The van der Waals surface area contributed by atoms with Gasteiger partial charge >= 0.3 is 0 Å². The van der Waals surface area contributed by atoms with Crippen LogP contribution in [0, 0.1) is 0 Å². The second-order valence-electron chi connectivity index (χ2n) is 5.90. The summed E-state index contributed by atoms with van der Waals surface area (Å²) in [5.41, 5.74) is 2.57. The number of hydrogen-bond donors (Lipinski definition) is 0. The lowest BCUT2D eigenvalue weighted by atomic mass is 9.86. The third kappa shape index (κ3) is 4.53. The second-order valence-corrected chi connectivity index (χ2v) is 5.90. The topological polar surface area (TPSA) is 12.5 Å². The molecule has 2 heteroatoms. The molecule has 0 aliphatic carbocycles. The fourth-order valence-corrected chi connectivity index (χ4v) is 1.59. The number of rotatable bonds is 5. The van der Waals surface area contributed by atoms with Crippen LogP contribution in [-0.2, 0) is 10.2 Å². The molecule has 0 unspecified atom stereocenters. The molecule has 0 saturated heterocycles. The van der Waals surface area contributed by atoms with Crippen molar-refractivity contribution in [3.8, 4) is 0 Å². The van der Waals surface area contributed by atoms with Crippen molar-refractivity contribution in [3.05, 3.63) is 42.0 Å². The van der Waals surface area contributed by atoms with Gasteiger partial charge in [-0.2, -0.15) is 0 Å². The monoisotopic (exact) mass is 247 g/mol. The molecule has 0 heterocycles. The van der Waals surface area contributed by atoms with Crippen LogP contribution in [0.15, 0.2) is 30.8 Å². The van der Waals surface area contributed by atoms with E-state index in [1.807, 2.05) is 14.1 Å². The maximum Gasteiger partial charge on any atom is 0.119 e. The second kappa shape index (κ2) is 6.05. The first-order valence-corrected chi connectivity index (χ1v) is 6.38. The summed E-state index contributed by atoms with van der Waals surface area (Å²) in [6.45, 7) is 12.2. The lowest BCUT2D eigenvalue weighted by molar-refractivity contribution is 0.233. The molecule has 0 aliphatic heterocycles. The van der Waals surface area contributed by atoms with Crippen molar-refractivity contribution in [2.75, 3.05) is 27.2 Å². The van der Waals surface area contributed by atoms with Gasteiger partial charge in [-0.05, 0) is 25.1 Å². The zero-order chi connectivity index (χ0) is 13.8. The quantitative estimate of drug-likeness (QED) is 0.738. The first-order chi connectivity index (χ1) is 8.30. The highest BCUT2D eigenvalue weighted by atomic mass is 16.5. The molecule has 0 atom stereocenters. The summed E-state index contributed by atoms with van der Waals surface area (Å²) in [6.07, 6.45) is 0. The summed E-state index contributed by atoms with van der Waals surface area (Å²) in [5.74, 6) is 0.748. The minimum absolute atomic E-state index is 0.186. The average Bonchev–Trinajstić information content (AvgIpc) is 2.27. The van der Waals surface area contributed by atoms with E-state index in [1.54, 1.807) is 0 Å². The van der Waals surface area contributed by atoms with Gasteiger partial charge in [0, 0.05) is 12.1 Å². The van der Waals surface area contributed by atoms with Crippen molar-refractivity contribution in [1.29, 1.82) is 0 Å². The Morgan fingerprint density at radius 2 is 1.72 bits per heavy atom. The van der Waals surface area contributed by atoms with Gasteiger partial charge in [0.25, 0.3) is 0 Å². The van der Waals surface area contributed by atoms with E-state index < -0.39 is 0 Å². The van der Waals surface area contributed by atoms with Crippen LogP contribution in [-0.4, -0.2) is 32.1 Å². The number of likely N-dealkylation sites (N-methyl/N-ethyl adjacent to an activating group) is 1. The van der Waals surface area contributed by atoms with Gasteiger partial charge in [-0.3, -0.25) is 0 Å². The van der Waals surface area contributed by atoms with Gasteiger partial charge in [0.15, 0.2) is 0 Å². The van der Waals surface area contributed by atoms with E-state index in [4.69, 9.17) is 4.74 Å². The van der Waals surface area contributed by atoms with Gasteiger partial charge in [0.1, 0.15) is 12.4 Å². The third-order valence-corrected chi connectivity index (χ3v) is 2.89. The van der Waals surface area contributed by atoms with Crippen molar-refractivity contribution in [2.45, 2.75) is 26.2 Å². The molecule has 0 N–H and O–H groups in total. The highest BCUT2D eigenvalue weighted by Gasteiger charge is 2.13. The molecule has 100 valence electrons. The smallest absolute Gasteiger partial charge is 0.119 e. The standard InChI is InChI=1S/C16H25NO/c1-13(18-12-11-17(5)6)14-7-9-15(10-8-14)16(2,3)4/h7-10H,1,11-12H2,2-6H3. The zero-order valence-electron chi connectivity index (χ0n) is 12.3. The highest BCUT2D eigenvalue weighted by molar-refractivity contribution is 5.57. The van der Waals surface area contributed by atoms with Gasteiger partial charge in [0.2, 0.25) is 0 Å². The lowest BCUT2D eigenvalue weighted by Crippen LogP contribution is -2.17. The van der Waals surface area contributed by atoms with Crippen molar-refractivity contribution in [2.24, 2.45) is 0 Å². The zero-order valence-corrected chi connectivity index (χ0v) is 12.3. The predicted molar refractivity (Wildman–Crippen MR) is 78.7 cm³/mol. The van der Waals surface area contributed by atoms with Crippen LogP contribution in [0.5, 0.6) is 0 Å². The highest BCUT2D eigenvalue weighted by Crippen LogP contribution is 2.24. The van der Waals surface area contributed by atoms with Crippen LogP contribution in [0.25, 0.3) is 5.76 Å². The molecule has 2 nitrogen and oxygen atoms in total. The fraction of sp³-hybridized carbons (Fsp3) is 0.500. The summed E-state index contributed by atoms with van der Waals surface area (Å²) < 4.78 is 5.63. The molecule has 0 saturated carbocycles. The number of nitrogens with zero attached hydrogens (tertiary/aromatic N) is 1. The largest absolute Gasteiger partial charge is 0.492 e. The maximum atomic E-state index is 5.63. The number of ether oxygens (including phenoxy) is 1. The van der Waals surface area contributed by atoms with Crippen LogP contribution in [0.4, 0.5) is 0 Å². The summed E-state index contributed by atoms with van der Waals surface area (Å²) >= 11 is 0. The van der Waals surface area contributed by atoms with Crippen LogP contribution in [0.1, 0.15) is 31.9 Å². The molecule has 0 spiro atoms. The Bertz CT molecular complexity index is 385. The molecule has 1 aromatic carbocycles. The summed E-state index contributed by atoms with van der Waals surface area (Å²) in [5, 5.41) is 0. The molecule has 1 aromatic rings. The Hall–Kier alpha value is -1.28. The van der Waals surface area contributed by atoms with Crippen molar-refractivity contribution >= 4 is 5.76 Å². The van der Waals surface area contributed by atoms with Gasteiger partial charge in [0.05, 0.1) is 0 Å². The molecule has 18 heavy (non-hydrogen) atoms. The van der Waals surface area contributed by atoms with Crippen molar-refractivity contribution in [1.82, 2.24) is 4.90 Å². The van der Waals surface area contributed by atoms with Gasteiger partial charge in [-0.15, -0.1) is 0 Å². The summed E-state index contributed by atoms with van der Waals surface area (Å²) in [7, 11) is 4.06. The molecule has 1 rings (SSSR count). The first kappa shape index (κ1) is 14.8. The van der Waals surface area contributed by atoms with Crippen LogP contribution >= 0.6 is 0 Å². The van der Waals surface area contributed by atoms with E-state index in [2.05, 4.69) is 56.5 Å². The third-order valence-electron chi connectivity index (χ3n) is 2.89. The SMILES string of the molecule is C=C(OCCN(C)C)c1ccc(C(C)(C)C)cc1. The Balaban J connectivity index is 2.60. The Labute approximate surface area is 111 Å². The molecular weight excluding hydrogens is 222 g/mol. The van der Waals surface area contributed by atoms with E-state index in [0.29, 0.717) is 6.61 Å². The normalized spacial score (nSPS) is 11.7. The molecule has 0 aliphatic rings. The van der Waals surface area contributed by atoms with Crippen molar-refractivity contribution < 1.29 is 4.74 Å². The molecule has 0 radical (unpaired) electrons. The average molecular weight is 247 g/mol. The van der Waals surface area contributed by atoms with Crippen molar-refractivity contribution in [3.63, 3.8) is 0 Å². The van der Waals surface area contributed by atoms with Crippen LogP contribution in [0.2, 0.25) is 0 Å². The molecule has 0 amide bonds. The molecular formula is C16H25NO. The van der Waals surface area contributed by atoms with Crippen LogP contribution < -0.4 is 0 Å². The van der Waals surface area contributed by atoms with Crippen LogP contribution in [0.3, 0.4) is 0 Å². The fourth-order valence-electron chi connectivity index (χ4n) is 1.59. The van der Waals surface area contributed by atoms with E-state index in [-0.39, 0.29) is 5.41 Å². The molecule has 0 fully saturated rings. The summed E-state index contributed by atoms with van der Waals surface area (Å²) in [6, 6.07) is 8.46. The predicted octanol–water partition coefficient (Wildman–Crippen LogP) is 3.53. The number of benzene rings is 1. The maximum absolute atomic E-state index is 5.63. The molecule has 0 bridgehead atoms. The Morgan fingerprint density at radius 3 is 2.17 bits per heavy atom. The minimum Gasteiger partial charge on any atom is -0.492 e. The van der Waals surface area contributed by atoms with E-state index in [0.717, 1.165) is 17.9 Å². The lowest BCUT2D eigenvalue weighted by Gasteiger charge is -2.19. The number of hydrogen-bond acceptors (Lipinski definition) is 2. The first-order valence-electron chi connectivity index (χ1n) is 6.38. The Kier molecular flexibility index (Phi) is 4.97. The minimum atomic E-state index is 0.186. The Morgan fingerprint density at radius 1 is 1.17 bits per heavy atom. The van der Waals surface area contributed by atoms with Gasteiger partial charge in [-0.25, -0.2) is 0 Å².